The van der Waals surface area contributed by atoms with Crippen molar-refractivity contribution in [2.75, 3.05) is 24.2 Å². The molecule has 24 heavy (non-hydrogen) atoms. The van der Waals surface area contributed by atoms with E-state index in [1.165, 1.54) is 18.1 Å². The zero-order valence-electron chi connectivity index (χ0n) is 13.1. The van der Waals surface area contributed by atoms with Crippen LogP contribution in [0.1, 0.15) is 15.9 Å². The summed E-state index contributed by atoms with van der Waals surface area (Å²) in [4.78, 5) is 18.0. The number of amides is 1. The number of rotatable bonds is 3. The standard InChI is InChI=1S/C16H15N3O4S/c1-4-8-19-9-11-12(16(19)21)15(20)13-10(6-5-7-17-13)14(11)18(2)24(3,22)23/h1,5-7,20H,8-9H2,2-3H3. The van der Waals surface area contributed by atoms with E-state index in [0.29, 0.717) is 16.6 Å². The van der Waals surface area contributed by atoms with Crippen LogP contribution in [0.2, 0.25) is 0 Å². The van der Waals surface area contributed by atoms with Crippen LogP contribution in [0.5, 0.6) is 5.75 Å². The van der Waals surface area contributed by atoms with E-state index in [0.717, 1.165) is 10.6 Å². The van der Waals surface area contributed by atoms with Crippen molar-refractivity contribution in [3.63, 3.8) is 0 Å². The predicted octanol–water partition coefficient (Wildman–Crippen LogP) is 0.925. The minimum atomic E-state index is -3.58. The molecule has 0 bridgehead atoms. The molecule has 1 amide bonds. The van der Waals surface area contributed by atoms with Gasteiger partial charge in [-0.25, -0.2) is 8.42 Å². The summed E-state index contributed by atoms with van der Waals surface area (Å²) in [6, 6.07) is 3.30. The van der Waals surface area contributed by atoms with E-state index >= 15 is 0 Å². The maximum atomic E-state index is 12.6. The van der Waals surface area contributed by atoms with Crippen LogP contribution in [-0.2, 0) is 16.6 Å². The molecule has 7 nitrogen and oxygen atoms in total. The maximum absolute atomic E-state index is 12.6. The average Bonchev–Trinajstić information content (AvgIpc) is 2.84. The third-order valence-corrected chi connectivity index (χ3v) is 5.23. The lowest BCUT2D eigenvalue weighted by atomic mass is 10.0. The van der Waals surface area contributed by atoms with Gasteiger partial charge in [-0.05, 0) is 12.1 Å². The Hall–Kier alpha value is -2.79. The normalized spacial score (nSPS) is 13.9. The van der Waals surface area contributed by atoms with E-state index < -0.39 is 15.9 Å². The van der Waals surface area contributed by atoms with Gasteiger partial charge in [0.25, 0.3) is 5.91 Å². The number of carbonyl (C=O) groups is 1. The molecule has 1 aromatic carbocycles. The van der Waals surface area contributed by atoms with Crippen molar-refractivity contribution in [3.8, 4) is 18.1 Å². The van der Waals surface area contributed by atoms with E-state index in [4.69, 9.17) is 6.42 Å². The van der Waals surface area contributed by atoms with Crippen molar-refractivity contribution in [1.29, 1.82) is 0 Å². The van der Waals surface area contributed by atoms with Gasteiger partial charge >= 0.3 is 0 Å². The molecule has 1 aromatic heterocycles. The molecule has 0 radical (unpaired) electrons. The fraction of sp³-hybridized carbons (Fsp3) is 0.250. The van der Waals surface area contributed by atoms with Crippen LogP contribution in [0, 0.1) is 12.3 Å². The first-order chi connectivity index (χ1) is 11.3. The van der Waals surface area contributed by atoms with Crippen LogP contribution in [-0.4, -0.2) is 49.2 Å². The third kappa shape index (κ3) is 2.25. The highest BCUT2D eigenvalue weighted by Crippen LogP contribution is 2.43. The minimum absolute atomic E-state index is 0.0574. The molecule has 3 rings (SSSR count). The van der Waals surface area contributed by atoms with Gasteiger partial charge in [-0.2, -0.15) is 0 Å². The number of hydrogen-bond donors (Lipinski definition) is 1. The smallest absolute Gasteiger partial charge is 0.259 e. The molecule has 2 heterocycles. The summed E-state index contributed by atoms with van der Waals surface area (Å²) in [6.07, 6.45) is 7.83. The first-order valence-corrected chi connectivity index (χ1v) is 8.91. The van der Waals surface area contributed by atoms with Gasteiger partial charge < -0.3 is 10.0 Å². The highest BCUT2D eigenvalue weighted by Gasteiger charge is 2.36. The van der Waals surface area contributed by atoms with Gasteiger partial charge in [-0.3, -0.25) is 14.1 Å². The van der Waals surface area contributed by atoms with E-state index in [9.17, 15) is 18.3 Å². The number of benzene rings is 1. The van der Waals surface area contributed by atoms with Crippen molar-refractivity contribution in [3.05, 3.63) is 29.5 Å². The molecule has 2 aromatic rings. The topological polar surface area (TPSA) is 90.8 Å². The van der Waals surface area contributed by atoms with Crippen LogP contribution < -0.4 is 4.31 Å². The third-order valence-electron chi connectivity index (χ3n) is 4.06. The first-order valence-electron chi connectivity index (χ1n) is 7.06. The van der Waals surface area contributed by atoms with Gasteiger partial charge in [-0.15, -0.1) is 6.42 Å². The van der Waals surface area contributed by atoms with Crippen molar-refractivity contribution in [2.45, 2.75) is 6.54 Å². The van der Waals surface area contributed by atoms with E-state index in [1.807, 2.05) is 0 Å². The fourth-order valence-electron chi connectivity index (χ4n) is 2.90. The molecule has 1 aliphatic heterocycles. The van der Waals surface area contributed by atoms with E-state index in [-0.39, 0.29) is 29.9 Å². The number of aromatic nitrogens is 1. The van der Waals surface area contributed by atoms with Gasteiger partial charge in [0.05, 0.1) is 24.1 Å². The summed E-state index contributed by atoms with van der Waals surface area (Å²) in [5, 5.41) is 11.0. The molecule has 1 aliphatic rings. The Morgan fingerprint density at radius 3 is 2.83 bits per heavy atom. The Morgan fingerprint density at radius 1 is 1.50 bits per heavy atom. The number of pyridine rings is 1. The number of sulfonamides is 1. The van der Waals surface area contributed by atoms with Crippen LogP contribution in [0.15, 0.2) is 18.3 Å². The zero-order chi connectivity index (χ0) is 17.6. The zero-order valence-corrected chi connectivity index (χ0v) is 14.0. The molecule has 0 spiro atoms. The number of aromatic hydroxyl groups is 1. The molecule has 0 unspecified atom stereocenters. The predicted molar refractivity (Wildman–Crippen MR) is 90.2 cm³/mol. The quantitative estimate of drug-likeness (QED) is 0.836. The number of fused-ring (bicyclic) bond motifs is 2. The minimum Gasteiger partial charge on any atom is -0.505 e. The SMILES string of the molecule is C#CCN1Cc2c(c(O)c3ncccc3c2N(C)S(C)(=O)=O)C1=O. The summed E-state index contributed by atoms with van der Waals surface area (Å²) in [7, 11) is -2.17. The summed E-state index contributed by atoms with van der Waals surface area (Å²) < 4.78 is 25.2. The summed E-state index contributed by atoms with van der Waals surface area (Å²) in [6.45, 7) is 0.199. The number of anilines is 1. The Labute approximate surface area is 139 Å². The molecular formula is C16H15N3O4S. The van der Waals surface area contributed by atoms with E-state index in [1.54, 1.807) is 12.1 Å². The maximum Gasteiger partial charge on any atom is 0.259 e. The first kappa shape index (κ1) is 16.1. The van der Waals surface area contributed by atoms with Crippen molar-refractivity contribution >= 4 is 32.5 Å². The number of phenolic OH excluding ortho intramolecular Hbond substituents is 1. The number of phenols is 1. The largest absolute Gasteiger partial charge is 0.505 e. The van der Waals surface area contributed by atoms with Crippen LogP contribution in [0.3, 0.4) is 0 Å². The Morgan fingerprint density at radius 2 is 2.21 bits per heavy atom. The molecule has 0 saturated carbocycles. The van der Waals surface area contributed by atoms with Crippen LogP contribution >= 0.6 is 0 Å². The summed E-state index contributed by atoms with van der Waals surface area (Å²) in [5.74, 6) is 1.70. The van der Waals surface area contributed by atoms with Crippen LogP contribution in [0.25, 0.3) is 10.9 Å². The Balaban J connectivity index is 2.41. The fourth-order valence-corrected chi connectivity index (χ4v) is 3.44. The Bertz CT molecular complexity index is 1010. The van der Waals surface area contributed by atoms with Gasteiger partial charge in [-0.1, -0.05) is 5.92 Å². The van der Waals surface area contributed by atoms with Crippen molar-refractivity contribution in [2.24, 2.45) is 0 Å². The number of hydrogen-bond acceptors (Lipinski definition) is 5. The van der Waals surface area contributed by atoms with E-state index in [2.05, 4.69) is 10.9 Å². The molecular weight excluding hydrogens is 330 g/mol. The summed E-state index contributed by atoms with van der Waals surface area (Å²) >= 11 is 0. The molecule has 124 valence electrons. The molecule has 0 aliphatic carbocycles. The Kier molecular flexibility index (Phi) is 3.61. The summed E-state index contributed by atoms with van der Waals surface area (Å²) in [5.41, 5.74) is 1.00. The highest BCUT2D eigenvalue weighted by atomic mass is 32.2. The molecule has 0 atom stereocenters. The number of terminal acetylenes is 1. The second-order valence-corrected chi connectivity index (χ2v) is 7.56. The average molecular weight is 345 g/mol. The van der Waals surface area contributed by atoms with Gasteiger partial charge in [0.1, 0.15) is 5.52 Å². The van der Waals surface area contributed by atoms with Crippen molar-refractivity contribution < 1.29 is 18.3 Å². The second kappa shape index (κ2) is 5.39. The molecule has 0 saturated heterocycles. The number of carbonyl (C=O) groups excluding carboxylic acids is 1. The molecule has 1 N–H and O–H groups in total. The lowest BCUT2D eigenvalue weighted by Crippen LogP contribution is -2.26. The number of nitrogens with zero attached hydrogens (tertiary/aromatic N) is 3. The molecule has 0 fully saturated rings. The monoisotopic (exact) mass is 345 g/mol. The van der Waals surface area contributed by atoms with Gasteiger partial charge in [0.2, 0.25) is 10.0 Å². The molecule has 8 heteroatoms. The highest BCUT2D eigenvalue weighted by molar-refractivity contribution is 7.92. The van der Waals surface area contributed by atoms with Crippen molar-refractivity contribution in [1.82, 2.24) is 9.88 Å². The lowest BCUT2D eigenvalue weighted by Gasteiger charge is -2.22. The second-order valence-electron chi connectivity index (χ2n) is 5.55. The van der Waals surface area contributed by atoms with Gasteiger partial charge in [0.15, 0.2) is 5.75 Å². The lowest BCUT2D eigenvalue weighted by molar-refractivity contribution is 0.0797. The van der Waals surface area contributed by atoms with Crippen LogP contribution in [0.4, 0.5) is 5.69 Å². The van der Waals surface area contributed by atoms with Gasteiger partial charge in [0, 0.05) is 30.7 Å².